The molecule has 0 spiro atoms. The Morgan fingerprint density at radius 3 is 1.29 bits per heavy atom. The van der Waals surface area contributed by atoms with Crippen molar-refractivity contribution < 1.29 is 24.4 Å². The number of ether oxygens (including phenoxy) is 2. The summed E-state index contributed by atoms with van der Waals surface area (Å²) >= 11 is 0. The van der Waals surface area contributed by atoms with Crippen molar-refractivity contribution in [1.82, 2.24) is 0 Å². The van der Waals surface area contributed by atoms with Gasteiger partial charge in [-0.2, -0.15) is 0 Å². The Balaban J connectivity index is 1.36. The van der Waals surface area contributed by atoms with Crippen LogP contribution in [0.15, 0.2) is 84.9 Å². The standard InChI is InChI=1S/C25H16N2O7/c28-25-23-13-19(33-17-5-1-15(2-6-17)26(29)30)9-11-21(23)22-12-10-20(14-24(22)25)34-18-7-3-16(4-8-18)27(31)32/h1-14,25,28H. The van der Waals surface area contributed by atoms with E-state index in [4.69, 9.17) is 9.47 Å². The number of benzene rings is 4. The van der Waals surface area contributed by atoms with Gasteiger partial charge in [0.05, 0.1) is 9.85 Å². The zero-order valence-corrected chi connectivity index (χ0v) is 17.5. The van der Waals surface area contributed by atoms with Gasteiger partial charge < -0.3 is 14.6 Å². The van der Waals surface area contributed by atoms with Crippen molar-refractivity contribution in [2.75, 3.05) is 0 Å². The summed E-state index contributed by atoms with van der Waals surface area (Å²) in [6, 6.07) is 22.2. The zero-order valence-electron chi connectivity index (χ0n) is 17.5. The maximum atomic E-state index is 10.9. The molecule has 0 fully saturated rings. The molecule has 0 saturated heterocycles. The van der Waals surface area contributed by atoms with E-state index < -0.39 is 16.0 Å². The van der Waals surface area contributed by atoms with Crippen molar-refractivity contribution >= 4 is 11.4 Å². The van der Waals surface area contributed by atoms with E-state index in [1.165, 1.54) is 48.5 Å². The first kappa shape index (κ1) is 21.1. The Morgan fingerprint density at radius 1 is 0.588 bits per heavy atom. The van der Waals surface area contributed by atoms with Crippen LogP contribution < -0.4 is 9.47 Å². The van der Waals surface area contributed by atoms with Crippen LogP contribution in [0.2, 0.25) is 0 Å². The topological polar surface area (TPSA) is 125 Å². The van der Waals surface area contributed by atoms with E-state index in [0.29, 0.717) is 34.1 Å². The summed E-state index contributed by atoms with van der Waals surface area (Å²) in [5.41, 5.74) is 3.00. The molecule has 0 aromatic heterocycles. The highest BCUT2D eigenvalue weighted by molar-refractivity contribution is 5.79. The number of hydrogen-bond acceptors (Lipinski definition) is 7. The summed E-state index contributed by atoms with van der Waals surface area (Å²) in [6.07, 6.45) is -0.897. The highest BCUT2D eigenvalue weighted by Gasteiger charge is 2.28. The number of hydrogen-bond donors (Lipinski definition) is 1. The molecule has 0 atom stereocenters. The third-order valence-electron chi connectivity index (χ3n) is 5.49. The fraction of sp³-hybridized carbons (Fsp3) is 0.0400. The summed E-state index contributed by atoms with van der Waals surface area (Å²) < 4.78 is 11.6. The van der Waals surface area contributed by atoms with E-state index in [0.717, 1.165) is 11.1 Å². The van der Waals surface area contributed by atoms with E-state index in [1.807, 2.05) is 12.1 Å². The largest absolute Gasteiger partial charge is 0.457 e. The molecule has 0 heterocycles. The first-order valence-corrected chi connectivity index (χ1v) is 10.2. The van der Waals surface area contributed by atoms with Crippen LogP contribution in [-0.4, -0.2) is 15.0 Å². The van der Waals surface area contributed by atoms with E-state index in [9.17, 15) is 25.3 Å². The summed E-state index contributed by atoms with van der Waals surface area (Å²) in [7, 11) is 0. The van der Waals surface area contributed by atoms with Crippen molar-refractivity contribution in [3.8, 4) is 34.1 Å². The lowest BCUT2D eigenvalue weighted by atomic mass is 10.1. The molecule has 0 bridgehead atoms. The summed E-state index contributed by atoms with van der Waals surface area (Å²) in [5.74, 6) is 1.85. The lowest BCUT2D eigenvalue weighted by Gasteiger charge is -2.10. The lowest BCUT2D eigenvalue weighted by Crippen LogP contribution is -1.95. The predicted octanol–water partition coefficient (Wildman–Crippen LogP) is 6.15. The Labute approximate surface area is 192 Å². The summed E-state index contributed by atoms with van der Waals surface area (Å²) in [4.78, 5) is 20.7. The Bertz CT molecular complexity index is 1310. The van der Waals surface area contributed by atoms with Crippen molar-refractivity contribution in [2.45, 2.75) is 6.10 Å². The van der Waals surface area contributed by atoms with Gasteiger partial charge in [0.1, 0.15) is 29.1 Å². The maximum absolute atomic E-state index is 10.9. The molecule has 0 saturated carbocycles. The molecule has 9 nitrogen and oxygen atoms in total. The van der Waals surface area contributed by atoms with Crippen LogP contribution in [0, 0.1) is 20.2 Å². The van der Waals surface area contributed by atoms with Crippen molar-refractivity contribution in [3.63, 3.8) is 0 Å². The Kier molecular flexibility index (Phi) is 5.15. The summed E-state index contributed by atoms with van der Waals surface area (Å²) in [5, 5.41) is 32.6. The molecule has 1 N–H and O–H groups in total. The molecule has 34 heavy (non-hydrogen) atoms. The molecule has 5 rings (SSSR count). The number of aliphatic hydroxyl groups is 1. The fourth-order valence-corrected chi connectivity index (χ4v) is 3.86. The number of aliphatic hydroxyl groups excluding tert-OH is 1. The van der Waals surface area contributed by atoms with E-state index in [2.05, 4.69) is 0 Å². The maximum Gasteiger partial charge on any atom is 0.269 e. The van der Waals surface area contributed by atoms with Gasteiger partial charge in [-0.1, -0.05) is 12.1 Å². The molecule has 4 aromatic carbocycles. The lowest BCUT2D eigenvalue weighted by molar-refractivity contribution is -0.385. The second-order valence-electron chi connectivity index (χ2n) is 7.61. The number of nitrogens with zero attached hydrogens (tertiary/aromatic N) is 2. The first-order valence-electron chi connectivity index (χ1n) is 10.2. The van der Waals surface area contributed by atoms with Gasteiger partial charge >= 0.3 is 0 Å². The average Bonchev–Trinajstić information content (AvgIpc) is 3.11. The predicted molar refractivity (Wildman–Crippen MR) is 122 cm³/mol. The van der Waals surface area contributed by atoms with Crippen LogP contribution in [0.4, 0.5) is 11.4 Å². The minimum atomic E-state index is -0.897. The van der Waals surface area contributed by atoms with Crippen LogP contribution in [0.3, 0.4) is 0 Å². The minimum Gasteiger partial charge on any atom is -0.457 e. The second kappa shape index (κ2) is 8.30. The van der Waals surface area contributed by atoms with Gasteiger partial charge in [-0.05, 0) is 70.8 Å². The molecule has 0 amide bonds. The molecular weight excluding hydrogens is 440 g/mol. The smallest absolute Gasteiger partial charge is 0.269 e. The fourth-order valence-electron chi connectivity index (χ4n) is 3.86. The Hall–Kier alpha value is -4.76. The average molecular weight is 456 g/mol. The van der Waals surface area contributed by atoms with Gasteiger partial charge in [-0.3, -0.25) is 20.2 Å². The highest BCUT2D eigenvalue weighted by Crippen LogP contribution is 2.46. The minimum absolute atomic E-state index is 0.0288. The molecule has 1 aliphatic rings. The van der Waals surface area contributed by atoms with Crippen LogP contribution in [0.5, 0.6) is 23.0 Å². The van der Waals surface area contributed by atoms with Crippen LogP contribution in [-0.2, 0) is 0 Å². The number of rotatable bonds is 6. The van der Waals surface area contributed by atoms with Crippen LogP contribution >= 0.6 is 0 Å². The normalized spacial score (nSPS) is 12.0. The number of non-ortho nitro benzene ring substituents is 2. The molecule has 168 valence electrons. The van der Waals surface area contributed by atoms with E-state index >= 15 is 0 Å². The number of nitro groups is 2. The van der Waals surface area contributed by atoms with Crippen LogP contribution in [0.25, 0.3) is 11.1 Å². The Morgan fingerprint density at radius 2 is 0.941 bits per heavy atom. The van der Waals surface area contributed by atoms with Gasteiger partial charge in [0.25, 0.3) is 11.4 Å². The van der Waals surface area contributed by atoms with E-state index in [-0.39, 0.29) is 11.4 Å². The number of nitro benzene ring substituents is 2. The highest BCUT2D eigenvalue weighted by atomic mass is 16.6. The van der Waals surface area contributed by atoms with Gasteiger partial charge in [0, 0.05) is 24.3 Å². The van der Waals surface area contributed by atoms with Crippen molar-refractivity contribution in [1.29, 1.82) is 0 Å². The SMILES string of the molecule is O=[N+]([O-])c1ccc(Oc2ccc3c(c2)C(O)c2cc(Oc4ccc([N+](=O)[O-])cc4)ccc2-3)cc1. The monoisotopic (exact) mass is 456 g/mol. The zero-order chi connectivity index (χ0) is 23.8. The van der Waals surface area contributed by atoms with Crippen LogP contribution in [0.1, 0.15) is 17.2 Å². The molecular formula is C25H16N2O7. The van der Waals surface area contributed by atoms with E-state index in [1.54, 1.807) is 24.3 Å². The van der Waals surface area contributed by atoms with Gasteiger partial charge in [0.15, 0.2) is 0 Å². The second-order valence-corrected chi connectivity index (χ2v) is 7.61. The molecule has 0 aliphatic heterocycles. The third kappa shape index (κ3) is 3.91. The third-order valence-corrected chi connectivity index (χ3v) is 5.49. The summed E-state index contributed by atoms with van der Waals surface area (Å²) in [6.45, 7) is 0. The quantitative estimate of drug-likeness (QED) is 0.272. The molecule has 9 heteroatoms. The van der Waals surface area contributed by atoms with Gasteiger partial charge in [-0.15, -0.1) is 0 Å². The molecule has 4 aromatic rings. The number of fused-ring (bicyclic) bond motifs is 3. The van der Waals surface area contributed by atoms with Crippen molar-refractivity contribution in [2.24, 2.45) is 0 Å². The van der Waals surface area contributed by atoms with Crippen molar-refractivity contribution in [3.05, 3.63) is 116 Å². The molecule has 0 radical (unpaired) electrons. The first-order chi connectivity index (χ1) is 16.4. The molecule has 1 aliphatic carbocycles. The van der Waals surface area contributed by atoms with Gasteiger partial charge in [-0.25, -0.2) is 0 Å². The molecule has 0 unspecified atom stereocenters. The van der Waals surface area contributed by atoms with Gasteiger partial charge in [0.2, 0.25) is 0 Å².